The number of hydrogen-bond acceptors (Lipinski definition) is 4. The molecule has 0 saturated heterocycles. The highest BCUT2D eigenvalue weighted by Crippen LogP contribution is 2.27. The third-order valence-electron chi connectivity index (χ3n) is 4.80. The molecule has 1 heterocycles. The van der Waals surface area contributed by atoms with Crippen LogP contribution in [0.5, 0.6) is 0 Å². The van der Waals surface area contributed by atoms with Crippen LogP contribution in [0.1, 0.15) is 28.8 Å². The van der Waals surface area contributed by atoms with Crippen LogP contribution >= 0.6 is 23.2 Å². The van der Waals surface area contributed by atoms with E-state index in [1.165, 1.54) is 0 Å². The fraction of sp³-hybridized carbons (Fsp3) is 0.429. The Bertz CT molecular complexity index is 918. The predicted molar refractivity (Wildman–Crippen MR) is 117 cm³/mol. The summed E-state index contributed by atoms with van der Waals surface area (Å²) in [4.78, 5) is 14.5. The van der Waals surface area contributed by atoms with Gasteiger partial charge in [-0.05, 0) is 50.6 Å². The van der Waals surface area contributed by atoms with Crippen molar-refractivity contribution in [1.29, 1.82) is 5.26 Å². The molecule has 0 atom stereocenters. The van der Waals surface area contributed by atoms with Crippen LogP contribution in [-0.2, 0) is 22.6 Å². The number of nitriles is 1. The van der Waals surface area contributed by atoms with Gasteiger partial charge in [0.1, 0.15) is 11.9 Å². The van der Waals surface area contributed by atoms with Crippen molar-refractivity contribution in [2.24, 2.45) is 0 Å². The second kappa shape index (κ2) is 10.7. The summed E-state index contributed by atoms with van der Waals surface area (Å²) in [6.45, 7) is 5.77. The van der Waals surface area contributed by atoms with Crippen molar-refractivity contribution in [1.82, 2.24) is 9.47 Å². The molecule has 0 unspecified atom stereocenters. The number of benzene rings is 1. The third-order valence-corrected chi connectivity index (χ3v) is 5.38. The number of hydrogen-bond donors (Lipinski definition) is 1. The molecule has 1 aromatic heterocycles. The molecule has 8 heteroatoms. The topological polar surface area (TPSA) is 70.3 Å². The first kappa shape index (κ1) is 23.2. The van der Waals surface area contributed by atoms with Crippen LogP contribution in [0.2, 0.25) is 10.0 Å². The van der Waals surface area contributed by atoms with E-state index in [9.17, 15) is 10.1 Å². The number of aromatic nitrogens is 1. The highest BCUT2D eigenvalue weighted by molar-refractivity contribution is 6.35. The molecule has 0 saturated carbocycles. The number of nitrogens with one attached hydrogen (secondary N) is 1. The van der Waals surface area contributed by atoms with Crippen molar-refractivity contribution in [2.75, 3.05) is 32.6 Å². The van der Waals surface area contributed by atoms with Gasteiger partial charge in [-0.2, -0.15) is 5.26 Å². The Kier molecular flexibility index (Phi) is 8.54. The average molecular weight is 437 g/mol. The van der Waals surface area contributed by atoms with Crippen molar-refractivity contribution < 1.29 is 9.53 Å². The molecule has 0 aliphatic rings. The zero-order valence-electron chi connectivity index (χ0n) is 17.2. The van der Waals surface area contributed by atoms with E-state index >= 15 is 0 Å². The van der Waals surface area contributed by atoms with Gasteiger partial charge in [-0.15, -0.1) is 0 Å². The Morgan fingerprint density at radius 3 is 2.69 bits per heavy atom. The van der Waals surface area contributed by atoms with Crippen LogP contribution in [0.4, 0.5) is 5.82 Å². The van der Waals surface area contributed by atoms with Crippen molar-refractivity contribution in [3.63, 3.8) is 0 Å². The zero-order valence-corrected chi connectivity index (χ0v) is 18.7. The van der Waals surface area contributed by atoms with Crippen LogP contribution in [-0.4, -0.2) is 42.7 Å². The van der Waals surface area contributed by atoms with E-state index < -0.39 is 0 Å². The smallest absolute Gasteiger partial charge is 0.239 e. The minimum atomic E-state index is -0.195. The number of ether oxygens (including phenoxy) is 1. The van der Waals surface area contributed by atoms with E-state index in [1.54, 1.807) is 19.2 Å². The molecule has 29 heavy (non-hydrogen) atoms. The van der Waals surface area contributed by atoms with Gasteiger partial charge in [0.05, 0.1) is 12.1 Å². The highest BCUT2D eigenvalue weighted by atomic mass is 35.5. The number of halogens is 2. The molecule has 0 spiro atoms. The molecule has 6 nitrogen and oxygen atoms in total. The van der Waals surface area contributed by atoms with Gasteiger partial charge in [0.25, 0.3) is 0 Å². The number of nitrogens with zero attached hydrogens (tertiary/aromatic N) is 3. The van der Waals surface area contributed by atoms with Crippen molar-refractivity contribution in [3.8, 4) is 6.07 Å². The monoisotopic (exact) mass is 436 g/mol. The molecule has 1 amide bonds. The van der Waals surface area contributed by atoms with Crippen LogP contribution < -0.4 is 5.32 Å². The molecule has 2 aromatic rings. The van der Waals surface area contributed by atoms with Gasteiger partial charge < -0.3 is 14.6 Å². The summed E-state index contributed by atoms with van der Waals surface area (Å²) in [7, 11) is 3.49. The number of methoxy groups -OCH3 is 1. The summed E-state index contributed by atoms with van der Waals surface area (Å²) < 4.78 is 7.10. The third kappa shape index (κ3) is 5.97. The lowest BCUT2D eigenvalue weighted by atomic mass is 10.2. The quantitative estimate of drug-likeness (QED) is 0.591. The van der Waals surface area contributed by atoms with E-state index in [1.807, 2.05) is 36.4 Å². The standard InChI is InChI=1S/C21H26Cl2N4O2/c1-14-15(2)27(8-5-9-29-4)21(18(14)11-24)25-20(28)13-26(3)12-16-6-7-17(22)10-19(16)23/h6-7,10H,5,8-9,12-13H2,1-4H3,(H,25,28). The zero-order chi connectivity index (χ0) is 21.6. The van der Waals surface area contributed by atoms with Crippen molar-refractivity contribution in [3.05, 3.63) is 50.6 Å². The Morgan fingerprint density at radius 2 is 2.07 bits per heavy atom. The number of amides is 1. The van der Waals surface area contributed by atoms with E-state index in [0.29, 0.717) is 41.1 Å². The lowest BCUT2D eigenvalue weighted by molar-refractivity contribution is -0.117. The number of likely N-dealkylation sites (N-methyl/N-ethyl adjacent to an activating group) is 1. The molecule has 0 fully saturated rings. The van der Waals surface area contributed by atoms with Crippen molar-refractivity contribution in [2.45, 2.75) is 33.4 Å². The lowest BCUT2D eigenvalue weighted by Crippen LogP contribution is -2.31. The molecule has 156 valence electrons. The fourth-order valence-electron chi connectivity index (χ4n) is 3.19. The molecular weight excluding hydrogens is 411 g/mol. The van der Waals surface area contributed by atoms with Crippen LogP contribution in [0.25, 0.3) is 0 Å². The molecule has 2 rings (SSSR count). The van der Waals surface area contributed by atoms with Crippen LogP contribution in [0.3, 0.4) is 0 Å². The maximum atomic E-state index is 12.7. The summed E-state index contributed by atoms with van der Waals surface area (Å²) in [6, 6.07) is 7.52. The van der Waals surface area contributed by atoms with Gasteiger partial charge in [0.15, 0.2) is 0 Å². The fourth-order valence-corrected chi connectivity index (χ4v) is 3.66. The van der Waals surface area contributed by atoms with Gasteiger partial charge in [-0.25, -0.2) is 0 Å². The van der Waals surface area contributed by atoms with E-state index in [4.69, 9.17) is 27.9 Å². The molecule has 0 aliphatic heterocycles. The van der Waals surface area contributed by atoms with Gasteiger partial charge in [-0.1, -0.05) is 29.3 Å². The molecule has 0 bridgehead atoms. The Hall–Kier alpha value is -2.04. The second-order valence-corrected chi connectivity index (χ2v) is 7.84. The predicted octanol–water partition coefficient (Wildman–Crippen LogP) is 4.39. The largest absolute Gasteiger partial charge is 0.385 e. The average Bonchev–Trinajstić information content (AvgIpc) is 2.88. The number of carbonyl (C=O) groups is 1. The number of anilines is 1. The first-order valence-electron chi connectivity index (χ1n) is 9.29. The summed E-state index contributed by atoms with van der Waals surface area (Å²) in [6.07, 6.45) is 0.786. The Morgan fingerprint density at radius 1 is 1.34 bits per heavy atom. The maximum Gasteiger partial charge on any atom is 0.239 e. The van der Waals surface area contributed by atoms with Crippen LogP contribution in [0, 0.1) is 25.2 Å². The Balaban J connectivity index is 2.11. The molecule has 1 aromatic carbocycles. The highest BCUT2D eigenvalue weighted by Gasteiger charge is 2.20. The molecular formula is C21H26Cl2N4O2. The molecule has 0 aliphatic carbocycles. The SMILES string of the molecule is COCCCn1c(C)c(C)c(C#N)c1NC(=O)CN(C)Cc1ccc(Cl)cc1Cl. The maximum absolute atomic E-state index is 12.7. The summed E-state index contributed by atoms with van der Waals surface area (Å²) in [5, 5.41) is 13.6. The Labute approximate surface area is 182 Å². The van der Waals surface area contributed by atoms with E-state index in [-0.39, 0.29) is 12.5 Å². The normalized spacial score (nSPS) is 11.0. The summed E-state index contributed by atoms with van der Waals surface area (Å²) in [5.41, 5.74) is 3.23. The van der Waals surface area contributed by atoms with Gasteiger partial charge in [-0.3, -0.25) is 9.69 Å². The minimum absolute atomic E-state index is 0.158. The first-order chi connectivity index (χ1) is 13.8. The molecule has 1 N–H and O–H groups in total. The van der Waals surface area contributed by atoms with Crippen LogP contribution in [0.15, 0.2) is 18.2 Å². The van der Waals surface area contributed by atoms with Gasteiger partial charge in [0.2, 0.25) is 5.91 Å². The number of carbonyl (C=O) groups excluding carboxylic acids is 1. The summed E-state index contributed by atoms with van der Waals surface area (Å²) >= 11 is 12.2. The van der Waals surface area contributed by atoms with E-state index in [2.05, 4.69) is 11.4 Å². The van der Waals surface area contributed by atoms with Crippen molar-refractivity contribution >= 4 is 34.9 Å². The lowest BCUT2D eigenvalue weighted by Gasteiger charge is -2.18. The first-order valence-corrected chi connectivity index (χ1v) is 10.0. The summed E-state index contributed by atoms with van der Waals surface area (Å²) in [5.74, 6) is 0.348. The number of rotatable bonds is 9. The van der Waals surface area contributed by atoms with Gasteiger partial charge >= 0.3 is 0 Å². The van der Waals surface area contributed by atoms with E-state index in [0.717, 1.165) is 23.2 Å². The second-order valence-electron chi connectivity index (χ2n) is 7.00. The molecule has 0 radical (unpaired) electrons. The minimum Gasteiger partial charge on any atom is -0.385 e. The van der Waals surface area contributed by atoms with Gasteiger partial charge in [0, 0.05) is 42.5 Å².